The van der Waals surface area contributed by atoms with Crippen molar-refractivity contribution in [2.45, 2.75) is 17.7 Å². The van der Waals surface area contributed by atoms with E-state index >= 15 is 0 Å². The highest BCUT2D eigenvalue weighted by atomic mass is 32.2. The third-order valence-electron chi connectivity index (χ3n) is 5.56. The van der Waals surface area contributed by atoms with Gasteiger partial charge in [-0.1, -0.05) is 12.1 Å². The number of sulfonamides is 1. The van der Waals surface area contributed by atoms with Crippen LogP contribution in [0.4, 0.5) is 0 Å². The second-order valence-corrected chi connectivity index (χ2v) is 9.38. The van der Waals surface area contributed by atoms with E-state index in [1.807, 2.05) is 6.07 Å². The number of phenolic OH excluding ortho intramolecular Hbond substituents is 1. The average molecular weight is 401 g/mol. The lowest BCUT2D eigenvalue weighted by Gasteiger charge is -2.17. The maximum Gasteiger partial charge on any atom is 0.328 e. The Morgan fingerprint density at radius 3 is 2.57 bits per heavy atom. The van der Waals surface area contributed by atoms with Crippen LogP contribution in [0.5, 0.6) is 5.75 Å². The van der Waals surface area contributed by atoms with Crippen molar-refractivity contribution >= 4 is 21.1 Å². The van der Waals surface area contributed by atoms with E-state index in [1.165, 1.54) is 13.4 Å². The number of benzene rings is 2. The van der Waals surface area contributed by atoms with E-state index in [1.54, 1.807) is 50.5 Å². The Morgan fingerprint density at radius 1 is 1.07 bits per heavy atom. The number of aryl methyl sites for hydroxylation is 2. The summed E-state index contributed by atoms with van der Waals surface area (Å²) in [7, 11) is -0.312. The van der Waals surface area contributed by atoms with Gasteiger partial charge in [-0.25, -0.2) is 13.2 Å². The van der Waals surface area contributed by atoms with E-state index in [9.17, 15) is 18.3 Å². The van der Waals surface area contributed by atoms with E-state index < -0.39 is 10.0 Å². The second kappa shape index (κ2) is 6.79. The molecule has 2 aromatic carbocycles. The third-order valence-corrected chi connectivity index (χ3v) is 7.43. The minimum Gasteiger partial charge on any atom is -0.508 e. The molecule has 0 spiro atoms. The van der Waals surface area contributed by atoms with Gasteiger partial charge in [-0.15, -0.1) is 0 Å². The average Bonchev–Trinajstić information content (AvgIpc) is 3.22. The molecule has 0 bridgehead atoms. The normalized spacial score (nSPS) is 18.1. The van der Waals surface area contributed by atoms with Crippen LogP contribution >= 0.6 is 0 Å². The molecule has 1 N–H and O–H groups in total. The van der Waals surface area contributed by atoms with E-state index in [-0.39, 0.29) is 22.3 Å². The molecule has 3 aromatic rings. The van der Waals surface area contributed by atoms with Gasteiger partial charge in [0.2, 0.25) is 10.0 Å². The number of hydrogen-bond donors (Lipinski definition) is 1. The molecule has 0 radical (unpaired) electrons. The van der Waals surface area contributed by atoms with Crippen LogP contribution in [0.25, 0.3) is 11.0 Å². The first-order valence-corrected chi connectivity index (χ1v) is 10.6. The lowest BCUT2D eigenvalue weighted by Crippen LogP contribution is -2.29. The van der Waals surface area contributed by atoms with Crippen molar-refractivity contribution in [2.75, 3.05) is 13.1 Å². The first-order valence-electron chi connectivity index (χ1n) is 9.21. The van der Waals surface area contributed by atoms with Crippen LogP contribution in [0.2, 0.25) is 0 Å². The molecule has 28 heavy (non-hydrogen) atoms. The lowest BCUT2D eigenvalue weighted by molar-refractivity contribution is 0.454. The quantitative estimate of drug-likeness (QED) is 0.723. The number of imidazole rings is 1. The molecule has 1 unspecified atom stereocenters. The SMILES string of the molecule is Cn1c(=O)n(C)c2cc(S(=O)(=O)N3CCC(Cc4cccc(O)c4)C3)ccc21. The zero-order valence-corrected chi connectivity index (χ0v) is 16.7. The second-order valence-electron chi connectivity index (χ2n) is 7.44. The van der Waals surface area contributed by atoms with Gasteiger partial charge < -0.3 is 5.11 Å². The summed E-state index contributed by atoms with van der Waals surface area (Å²) in [5.74, 6) is 0.433. The molecule has 4 rings (SSSR count). The van der Waals surface area contributed by atoms with Crippen LogP contribution in [0, 0.1) is 5.92 Å². The maximum atomic E-state index is 13.1. The van der Waals surface area contributed by atoms with Crippen molar-refractivity contribution in [3.05, 3.63) is 58.5 Å². The predicted molar refractivity (Wildman–Crippen MR) is 107 cm³/mol. The van der Waals surface area contributed by atoms with Crippen molar-refractivity contribution in [1.82, 2.24) is 13.4 Å². The molecule has 0 aliphatic carbocycles. The molecular weight excluding hydrogens is 378 g/mol. The van der Waals surface area contributed by atoms with Gasteiger partial charge in [-0.05, 0) is 54.7 Å². The summed E-state index contributed by atoms with van der Waals surface area (Å²) >= 11 is 0. The van der Waals surface area contributed by atoms with E-state index in [2.05, 4.69) is 0 Å². The molecule has 1 fully saturated rings. The highest BCUT2D eigenvalue weighted by molar-refractivity contribution is 7.89. The standard InChI is InChI=1S/C20H23N3O4S/c1-21-18-7-6-17(12-19(18)22(2)20(21)25)28(26,27)23-9-8-15(13-23)10-14-4-3-5-16(24)11-14/h3-7,11-12,15,24H,8-10,13H2,1-2H3. The number of fused-ring (bicyclic) bond motifs is 1. The minimum absolute atomic E-state index is 0.183. The van der Waals surface area contributed by atoms with E-state index in [0.717, 1.165) is 18.4 Å². The highest BCUT2D eigenvalue weighted by Gasteiger charge is 2.33. The molecule has 8 heteroatoms. The Kier molecular flexibility index (Phi) is 4.55. The zero-order valence-electron chi connectivity index (χ0n) is 15.9. The van der Waals surface area contributed by atoms with Gasteiger partial charge in [0, 0.05) is 27.2 Å². The fourth-order valence-electron chi connectivity index (χ4n) is 3.99. The Labute approximate surface area is 163 Å². The van der Waals surface area contributed by atoms with Gasteiger partial charge in [0.05, 0.1) is 15.9 Å². The van der Waals surface area contributed by atoms with Crippen molar-refractivity contribution in [3.63, 3.8) is 0 Å². The number of nitrogens with zero attached hydrogens (tertiary/aromatic N) is 3. The molecule has 2 heterocycles. The third kappa shape index (κ3) is 3.12. The zero-order chi connectivity index (χ0) is 20.1. The Hall–Kier alpha value is -2.58. The number of rotatable bonds is 4. The summed E-state index contributed by atoms with van der Waals surface area (Å²) in [6.45, 7) is 0.918. The highest BCUT2D eigenvalue weighted by Crippen LogP contribution is 2.28. The Balaban J connectivity index is 1.58. The number of aromatic nitrogens is 2. The predicted octanol–water partition coefficient (Wildman–Crippen LogP) is 1.84. The van der Waals surface area contributed by atoms with Crippen molar-refractivity contribution in [2.24, 2.45) is 20.0 Å². The van der Waals surface area contributed by atoms with Crippen LogP contribution in [0.3, 0.4) is 0 Å². The van der Waals surface area contributed by atoms with Crippen molar-refractivity contribution in [1.29, 1.82) is 0 Å². The van der Waals surface area contributed by atoms with Crippen LogP contribution < -0.4 is 5.69 Å². The van der Waals surface area contributed by atoms with Crippen LogP contribution in [-0.4, -0.2) is 40.1 Å². The maximum absolute atomic E-state index is 13.1. The molecule has 1 atom stereocenters. The molecule has 7 nitrogen and oxygen atoms in total. The molecule has 1 saturated heterocycles. The lowest BCUT2D eigenvalue weighted by atomic mass is 9.99. The van der Waals surface area contributed by atoms with Crippen LogP contribution in [0.1, 0.15) is 12.0 Å². The molecule has 1 aromatic heterocycles. The van der Waals surface area contributed by atoms with Crippen molar-refractivity contribution < 1.29 is 13.5 Å². The van der Waals surface area contributed by atoms with Gasteiger partial charge in [0.1, 0.15) is 5.75 Å². The number of aromatic hydroxyl groups is 1. The van der Waals surface area contributed by atoms with Gasteiger partial charge >= 0.3 is 5.69 Å². The molecule has 0 saturated carbocycles. The van der Waals surface area contributed by atoms with E-state index in [0.29, 0.717) is 24.1 Å². The fourth-order valence-corrected chi connectivity index (χ4v) is 5.55. The monoisotopic (exact) mass is 401 g/mol. The number of hydrogen-bond acceptors (Lipinski definition) is 4. The molecule has 1 aliphatic heterocycles. The van der Waals surface area contributed by atoms with Crippen LogP contribution in [0.15, 0.2) is 52.2 Å². The van der Waals surface area contributed by atoms with Gasteiger partial charge in [-0.2, -0.15) is 4.31 Å². The summed E-state index contributed by atoms with van der Waals surface area (Å²) in [6.07, 6.45) is 1.51. The van der Waals surface area contributed by atoms with Gasteiger partial charge in [0.15, 0.2) is 0 Å². The summed E-state index contributed by atoms with van der Waals surface area (Å²) in [5, 5.41) is 9.61. The smallest absolute Gasteiger partial charge is 0.328 e. The topological polar surface area (TPSA) is 84.5 Å². The Morgan fingerprint density at radius 2 is 1.82 bits per heavy atom. The molecule has 148 valence electrons. The summed E-state index contributed by atoms with van der Waals surface area (Å²) < 4.78 is 30.7. The summed E-state index contributed by atoms with van der Waals surface area (Å²) in [5.41, 5.74) is 2.13. The fraction of sp³-hybridized carbons (Fsp3) is 0.350. The van der Waals surface area contributed by atoms with E-state index in [4.69, 9.17) is 0 Å². The molecule has 1 aliphatic rings. The summed E-state index contributed by atoms with van der Waals surface area (Å²) in [6, 6.07) is 11.9. The minimum atomic E-state index is -3.62. The van der Waals surface area contributed by atoms with Crippen LogP contribution in [-0.2, 0) is 30.5 Å². The first kappa shape index (κ1) is 18.8. The molecular formula is C20H23N3O4S. The summed E-state index contributed by atoms with van der Waals surface area (Å²) in [4.78, 5) is 12.3. The molecule has 0 amide bonds. The van der Waals surface area contributed by atoms with Gasteiger partial charge in [-0.3, -0.25) is 9.13 Å². The van der Waals surface area contributed by atoms with Crippen molar-refractivity contribution in [3.8, 4) is 5.75 Å². The number of phenols is 1. The first-order chi connectivity index (χ1) is 13.3. The largest absolute Gasteiger partial charge is 0.508 e. The Bertz CT molecular complexity index is 1210. The van der Waals surface area contributed by atoms with Gasteiger partial charge in [0.25, 0.3) is 0 Å².